The van der Waals surface area contributed by atoms with Gasteiger partial charge in [-0.05, 0) is 15.9 Å². The fourth-order valence-electron chi connectivity index (χ4n) is 0.986. The van der Waals surface area contributed by atoms with Crippen LogP contribution in [0.25, 0.3) is 0 Å². The summed E-state index contributed by atoms with van der Waals surface area (Å²) < 4.78 is 30.2. The summed E-state index contributed by atoms with van der Waals surface area (Å²) in [5.74, 6) is 0.130. The second-order valence-corrected chi connectivity index (χ2v) is 3.50. The van der Waals surface area contributed by atoms with Crippen molar-refractivity contribution < 1.29 is 13.5 Å². The molecular formula is C8H7BrClF2NO. The summed E-state index contributed by atoms with van der Waals surface area (Å²) in [6.45, 7) is 0. The molecule has 0 saturated heterocycles. The number of methoxy groups -OCH3 is 1. The van der Waals surface area contributed by atoms with Gasteiger partial charge in [0.05, 0.1) is 34.9 Å². The lowest BCUT2D eigenvalue weighted by atomic mass is 10.2. The molecule has 0 radical (unpaired) electrons. The van der Waals surface area contributed by atoms with Crippen LogP contribution in [-0.2, 0) is 5.88 Å². The van der Waals surface area contributed by atoms with E-state index in [1.54, 1.807) is 0 Å². The number of ether oxygens (including phenoxy) is 1. The quantitative estimate of drug-likeness (QED) is 0.793. The molecule has 1 rings (SSSR count). The van der Waals surface area contributed by atoms with Gasteiger partial charge in [-0.3, -0.25) is 4.98 Å². The van der Waals surface area contributed by atoms with Crippen molar-refractivity contribution in [1.82, 2.24) is 4.98 Å². The molecule has 0 N–H and O–H groups in total. The molecule has 1 aromatic heterocycles. The van der Waals surface area contributed by atoms with Crippen molar-refractivity contribution in [3.63, 3.8) is 0 Å². The van der Waals surface area contributed by atoms with E-state index in [2.05, 4.69) is 20.9 Å². The number of aromatic nitrogens is 1. The number of hydrogen-bond donors (Lipinski definition) is 0. The highest BCUT2D eigenvalue weighted by atomic mass is 79.9. The Hall–Kier alpha value is -0.420. The number of alkyl halides is 3. The van der Waals surface area contributed by atoms with E-state index in [0.717, 1.165) is 0 Å². The van der Waals surface area contributed by atoms with Crippen molar-refractivity contribution in [3.8, 4) is 5.75 Å². The number of pyridine rings is 1. The van der Waals surface area contributed by atoms with Crippen LogP contribution < -0.4 is 4.74 Å². The van der Waals surface area contributed by atoms with Crippen molar-refractivity contribution >= 4 is 27.5 Å². The molecule has 0 atom stereocenters. The van der Waals surface area contributed by atoms with Crippen LogP contribution in [-0.4, -0.2) is 12.1 Å². The fraction of sp³-hybridized carbons (Fsp3) is 0.375. The van der Waals surface area contributed by atoms with Crippen LogP contribution in [0.4, 0.5) is 8.78 Å². The molecule has 0 saturated carbocycles. The van der Waals surface area contributed by atoms with E-state index in [9.17, 15) is 8.78 Å². The van der Waals surface area contributed by atoms with E-state index in [-0.39, 0.29) is 21.7 Å². The molecule has 0 aliphatic carbocycles. The van der Waals surface area contributed by atoms with Crippen LogP contribution in [0.1, 0.15) is 17.7 Å². The molecular weight excluding hydrogens is 279 g/mol. The molecule has 1 aromatic rings. The highest BCUT2D eigenvalue weighted by Gasteiger charge is 2.20. The maximum atomic E-state index is 12.6. The van der Waals surface area contributed by atoms with Crippen LogP contribution in [0.5, 0.6) is 5.75 Å². The maximum absolute atomic E-state index is 12.6. The Labute approximate surface area is 93.4 Å². The molecule has 0 unspecified atom stereocenters. The highest BCUT2D eigenvalue weighted by Crippen LogP contribution is 2.36. The lowest BCUT2D eigenvalue weighted by Gasteiger charge is -2.11. The third kappa shape index (κ3) is 2.15. The van der Waals surface area contributed by atoms with Gasteiger partial charge in [0.15, 0.2) is 0 Å². The van der Waals surface area contributed by atoms with Gasteiger partial charge < -0.3 is 4.74 Å². The minimum Gasteiger partial charge on any atom is -0.495 e. The van der Waals surface area contributed by atoms with E-state index < -0.39 is 6.43 Å². The van der Waals surface area contributed by atoms with Gasteiger partial charge in [0.25, 0.3) is 6.43 Å². The summed E-state index contributed by atoms with van der Waals surface area (Å²) in [6, 6.07) is 0. The molecule has 0 spiro atoms. The van der Waals surface area contributed by atoms with Gasteiger partial charge in [-0.1, -0.05) is 0 Å². The Morgan fingerprint density at radius 1 is 1.64 bits per heavy atom. The van der Waals surface area contributed by atoms with Crippen molar-refractivity contribution in [2.24, 2.45) is 0 Å². The zero-order chi connectivity index (χ0) is 10.7. The molecule has 0 aliphatic rings. The molecule has 1 heterocycles. The van der Waals surface area contributed by atoms with Gasteiger partial charge in [0.1, 0.15) is 5.75 Å². The van der Waals surface area contributed by atoms with Gasteiger partial charge in [-0.25, -0.2) is 8.78 Å². The zero-order valence-corrected chi connectivity index (χ0v) is 9.57. The Bertz CT molecular complexity index is 335. The molecule has 0 bridgehead atoms. The fourth-order valence-corrected chi connectivity index (χ4v) is 1.96. The first-order valence-electron chi connectivity index (χ1n) is 3.67. The molecule has 0 amide bonds. The summed E-state index contributed by atoms with van der Waals surface area (Å²) in [5.41, 5.74) is 0.168. The Morgan fingerprint density at radius 3 is 2.71 bits per heavy atom. The Morgan fingerprint density at radius 2 is 2.29 bits per heavy atom. The summed E-state index contributed by atoms with van der Waals surface area (Å²) in [4.78, 5) is 3.87. The topological polar surface area (TPSA) is 22.1 Å². The summed E-state index contributed by atoms with van der Waals surface area (Å²) >= 11 is 8.55. The SMILES string of the molecule is COc1cnc(CCl)c(Br)c1C(F)F. The summed E-state index contributed by atoms with van der Waals surface area (Å²) in [5, 5.41) is 0. The van der Waals surface area contributed by atoms with Gasteiger partial charge in [-0.15, -0.1) is 11.6 Å². The van der Waals surface area contributed by atoms with Crippen LogP contribution in [0.15, 0.2) is 10.7 Å². The molecule has 0 fully saturated rings. The molecule has 6 heteroatoms. The first-order chi connectivity index (χ1) is 6.61. The average Bonchev–Trinajstić information content (AvgIpc) is 2.16. The second kappa shape index (κ2) is 4.89. The molecule has 78 valence electrons. The van der Waals surface area contributed by atoms with Crippen molar-refractivity contribution in [2.45, 2.75) is 12.3 Å². The highest BCUT2D eigenvalue weighted by molar-refractivity contribution is 9.10. The maximum Gasteiger partial charge on any atom is 0.268 e. The molecule has 0 aromatic carbocycles. The Kier molecular flexibility index (Phi) is 4.07. The second-order valence-electron chi connectivity index (χ2n) is 2.44. The van der Waals surface area contributed by atoms with Gasteiger partial charge in [0, 0.05) is 0 Å². The third-order valence-corrected chi connectivity index (χ3v) is 2.80. The van der Waals surface area contributed by atoms with Gasteiger partial charge in [-0.2, -0.15) is 0 Å². The van der Waals surface area contributed by atoms with Crippen LogP contribution >= 0.6 is 27.5 Å². The normalized spacial score (nSPS) is 10.7. The first kappa shape index (κ1) is 11.7. The van der Waals surface area contributed by atoms with E-state index in [1.165, 1.54) is 13.3 Å². The standard InChI is InChI=1S/C8H7BrClF2NO/c1-14-5-3-13-4(2-10)7(9)6(5)8(11)12/h3,8H,2H2,1H3. The zero-order valence-electron chi connectivity index (χ0n) is 7.23. The number of rotatable bonds is 3. The average molecular weight is 287 g/mol. The predicted octanol–water partition coefficient (Wildman–Crippen LogP) is 3.53. The van der Waals surface area contributed by atoms with E-state index in [1.807, 2.05) is 0 Å². The van der Waals surface area contributed by atoms with E-state index in [4.69, 9.17) is 16.3 Å². The number of halogens is 4. The van der Waals surface area contributed by atoms with Crippen molar-refractivity contribution in [2.75, 3.05) is 7.11 Å². The summed E-state index contributed by atoms with van der Waals surface area (Å²) in [7, 11) is 1.32. The first-order valence-corrected chi connectivity index (χ1v) is 5.00. The lowest BCUT2D eigenvalue weighted by molar-refractivity contribution is 0.146. The molecule has 0 aliphatic heterocycles. The molecule has 2 nitrogen and oxygen atoms in total. The Balaban J connectivity index is 3.31. The lowest BCUT2D eigenvalue weighted by Crippen LogP contribution is -1.99. The monoisotopic (exact) mass is 285 g/mol. The third-order valence-electron chi connectivity index (χ3n) is 1.66. The largest absolute Gasteiger partial charge is 0.495 e. The number of hydrogen-bond acceptors (Lipinski definition) is 2. The van der Waals surface area contributed by atoms with E-state index >= 15 is 0 Å². The molecule has 14 heavy (non-hydrogen) atoms. The van der Waals surface area contributed by atoms with Crippen molar-refractivity contribution in [1.29, 1.82) is 0 Å². The smallest absolute Gasteiger partial charge is 0.268 e. The van der Waals surface area contributed by atoms with Gasteiger partial charge in [0.2, 0.25) is 0 Å². The number of nitrogens with zero attached hydrogens (tertiary/aromatic N) is 1. The van der Waals surface area contributed by atoms with Crippen LogP contribution in [0, 0.1) is 0 Å². The minimum atomic E-state index is -2.62. The van der Waals surface area contributed by atoms with Crippen LogP contribution in [0.3, 0.4) is 0 Å². The minimum absolute atomic E-state index is 0.0562. The summed E-state index contributed by atoms with van der Waals surface area (Å²) in [6.07, 6.45) is -1.38. The van der Waals surface area contributed by atoms with Crippen molar-refractivity contribution in [3.05, 3.63) is 21.9 Å². The van der Waals surface area contributed by atoms with Gasteiger partial charge >= 0.3 is 0 Å². The van der Waals surface area contributed by atoms with E-state index in [0.29, 0.717) is 5.69 Å². The van der Waals surface area contributed by atoms with Crippen LogP contribution in [0.2, 0.25) is 0 Å². The predicted molar refractivity (Wildman–Crippen MR) is 53.0 cm³/mol.